The normalized spacial score (nSPS) is 11.5. The van der Waals surface area contributed by atoms with Gasteiger partial charge in [-0.3, -0.25) is 4.79 Å². The third-order valence-electron chi connectivity index (χ3n) is 3.45. The molecule has 2 rings (SSSR count). The number of anilines is 1. The first-order valence-corrected chi connectivity index (χ1v) is 7.25. The van der Waals surface area contributed by atoms with Gasteiger partial charge >= 0.3 is 0 Å². The van der Waals surface area contributed by atoms with E-state index < -0.39 is 0 Å². The Hall–Kier alpha value is -2.35. The van der Waals surface area contributed by atoms with E-state index in [9.17, 15) is 4.79 Å². The molecule has 0 aromatic heterocycles. The Morgan fingerprint density at radius 2 is 1.62 bits per heavy atom. The van der Waals surface area contributed by atoms with Crippen LogP contribution in [0.2, 0.25) is 0 Å². The highest BCUT2D eigenvalue weighted by Crippen LogP contribution is 2.25. The molecule has 0 bridgehead atoms. The summed E-state index contributed by atoms with van der Waals surface area (Å²) >= 11 is 0. The minimum Gasteiger partial charge on any atom is -0.322 e. The van der Waals surface area contributed by atoms with Gasteiger partial charge in [0, 0.05) is 11.3 Å². The zero-order valence-electron chi connectivity index (χ0n) is 12.8. The van der Waals surface area contributed by atoms with E-state index in [0.29, 0.717) is 11.5 Å². The average molecular weight is 279 g/mol. The summed E-state index contributed by atoms with van der Waals surface area (Å²) in [5, 5.41) is 3.03. The summed E-state index contributed by atoms with van der Waals surface area (Å²) in [6, 6.07) is 17.7. The van der Waals surface area contributed by atoms with Crippen molar-refractivity contribution in [2.75, 3.05) is 5.32 Å². The molecule has 0 fully saturated rings. The molecule has 0 atom stereocenters. The fourth-order valence-corrected chi connectivity index (χ4v) is 2.35. The van der Waals surface area contributed by atoms with Crippen molar-refractivity contribution in [1.82, 2.24) is 0 Å². The van der Waals surface area contributed by atoms with Crippen molar-refractivity contribution < 1.29 is 4.79 Å². The fourth-order valence-electron chi connectivity index (χ4n) is 2.35. The Kier molecular flexibility index (Phi) is 4.94. The van der Waals surface area contributed by atoms with E-state index in [1.165, 1.54) is 0 Å². The average Bonchev–Trinajstić information content (AvgIpc) is 2.49. The van der Waals surface area contributed by atoms with E-state index in [4.69, 9.17) is 0 Å². The maximum atomic E-state index is 12.5. The molecule has 1 amide bonds. The summed E-state index contributed by atoms with van der Waals surface area (Å²) in [6.45, 7) is 6.13. The molecule has 0 aliphatic carbocycles. The van der Waals surface area contributed by atoms with Crippen molar-refractivity contribution in [1.29, 1.82) is 0 Å². The van der Waals surface area contributed by atoms with Gasteiger partial charge in [0.25, 0.3) is 5.91 Å². The first kappa shape index (κ1) is 15.0. The summed E-state index contributed by atoms with van der Waals surface area (Å²) in [5.74, 6) is 0.295. The lowest BCUT2D eigenvalue weighted by atomic mass is 10.0. The number of hydrogen-bond donors (Lipinski definition) is 1. The van der Waals surface area contributed by atoms with Crippen molar-refractivity contribution in [3.8, 4) is 0 Å². The number of rotatable bonds is 4. The zero-order chi connectivity index (χ0) is 15.2. The molecule has 0 saturated heterocycles. The predicted molar refractivity (Wildman–Crippen MR) is 89.3 cm³/mol. The molecule has 21 heavy (non-hydrogen) atoms. The monoisotopic (exact) mass is 279 g/mol. The SMILES string of the molecule is C/C=C(/C(=O)Nc1ccccc1C(C)C)c1ccccc1. The van der Waals surface area contributed by atoms with Crippen LogP contribution in [0, 0.1) is 0 Å². The van der Waals surface area contributed by atoms with E-state index in [1.807, 2.05) is 61.5 Å². The van der Waals surface area contributed by atoms with Crippen LogP contribution in [0.15, 0.2) is 60.7 Å². The summed E-state index contributed by atoms with van der Waals surface area (Å²) in [4.78, 5) is 12.5. The summed E-state index contributed by atoms with van der Waals surface area (Å²) in [7, 11) is 0. The molecular weight excluding hydrogens is 258 g/mol. The smallest absolute Gasteiger partial charge is 0.255 e. The van der Waals surface area contributed by atoms with Gasteiger partial charge in [-0.25, -0.2) is 0 Å². The number of carbonyl (C=O) groups is 1. The van der Waals surface area contributed by atoms with Crippen LogP contribution in [0.1, 0.15) is 37.8 Å². The van der Waals surface area contributed by atoms with Gasteiger partial charge in [-0.2, -0.15) is 0 Å². The Bertz CT molecular complexity index is 642. The molecule has 0 radical (unpaired) electrons. The molecule has 2 nitrogen and oxygen atoms in total. The van der Waals surface area contributed by atoms with Gasteiger partial charge in [0.15, 0.2) is 0 Å². The largest absolute Gasteiger partial charge is 0.322 e. The van der Waals surface area contributed by atoms with Gasteiger partial charge < -0.3 is 5.32 Å². The lowest BCUT2D eigenvalue weighted by molar-refractivity contribution is -0.111. The molecule has 0 saturated carbocycles. The van der Waals surface area contributed by atoms with Crippen LogP contribution >= 0.6 is 0 Å². The Morgan fingerprint density at radius 3 is 2.24 bits per heavy atom. The van der Waals surface area contributed by atoms with Crippen LogP contribution in [0.4, 0.5) is 5.69 Å². The van der Waals surface area contributed by atoms with E-state index in [2.05, 4.69) is 25.2 Å². The molecule has 0 heterocycles. The Balaban J connectivity index is 2.26. The molecule has 108 valence electrons. The van der Waals surface area contributed by atoms with Crippen molar-refractivity contribution in [2.45, 2.75) is 26.7 Å². The highest BCUT2D eigenvalue weighted by atomic mass is 16.1. The predicted octanol–water partition coefficient (Wildman–Crippen LogP) is 4.85. The first-order chi connectivity index (χ1) is 10.1. The van der Waals surface area contributed by atoms with E-state index in [-0.39, 0.29) is 5.91 Å². The second kappa shape index (κ2) is 6.89. The number of allylic oxidation sites excluding steroid dienone is 1. The van der Waals surface area contributed by atoms with Crippen molar-refractivity contribution >= 4 is 17.2 Å². The van der Waals surface area contributed by atoms with E-state index >= 15 is 0 Å². The van der Waals surface area contributed by atoms with Crippen LogP contribution in [0.3, 0.4) is 0 Å². The van der Waals surface area contributed by atoms with Crippen molar-refractivity contribution in [3.63, 3.8) is 0 Å². The highest BCUT2D eigenvalue weighted by molar-refractivity contribution is 6.25. The maximum absolute atomic E-state index is 12.5. The number of nitrogens with one attached hydrogen (secondary N) is 1. The van der Waals surface area contributed by atoms with Gasteiger partial charge in [-0.05, 0) is 30.0 Å². The number of amides is 1. The van der Waals surface area contributed by atoms with Crippen LogP contribution in [0.25, 0.3) is 5.57 Å². The molecular formula is C19H21NO. The second-order valence-electron chi connectivity index (χ2n) is 5.26. The highest BCUT2D eigenvalue weighted by Gasteiger charge is 2.13. The van der Waals surface area contributed by atoms with Gasteiger partial charge in [-0.1, -0.05) is 68.5 Å². The van der Waals surface area contributed by atoms with Crippen LogP contribution in [-0.2, 0) is 4.79 Å². The summed E-state index contributed by atoms with van der Waals surface area (Å²) in [5.41, 5.74) is 3.65. The molecule has 2 aromatic rings. The number of hydrogen-bond acceptors (Lipinski definition) is 1. The minimum atomic E-state index is -0.0724. The summed E-state index contributed by atoms with van der Waals surface area (Å²) < 4.78 is 0. The number of carbonyl (C=O) groups excluding carboxylic acids is 1. The van der Waals surface area contributed by atoms with Crippen LogP contribution in [0.5, 0.6) is 0 Å². The van der Waals surface area contributed by atoms with Gasteiger partial charge in [0.2, 0.25) is 0 Å². The minimum absolute atomic E-state index is 0.0724. The molecule has 2 aromatic carbocycles. The lowest BCUT2D eigenvalue weighted by Crippen LogP contribution is -2.15. The van der Waals surface area contributed by atoms with Crippen LogP contribution < -0.4 is 5.32 Å². The standard InChI is InChI=1S/C19H21NO/c1-4-16(15-10-6-5-7-11-15)19(21)20-18-13-9-8-12-17(18)14(2)3/h4-14H,1-3H3,(H,20,21)/b16-4+. The van der Waals surface area contributed by atoms with E-state index in [0.717, 1.165) is 16.8 Å². The fraction of sp³-hybridized carbons (Fsp3) is 0.211. The zero-order valence-corrected chi connectivity index (χ0v) is 12.8. The quantitative estimate of drug-likeness (QED) is 0.796. The molecule has 0 aliphatic heterocycles. The topological polar surface area (TPSA) is 29.1 Å². The number of para-hydroxylation sites is 1. The van der Waals surface area contributed by atoms with E-state index in [1.54, 1.807) is 0 Å². The third-order valence-corrected chi connectivity index (χ3v) is 3.45. The van der Waals surface area contributed by atoms with Gasteiger partial charge in [0.05, 0.1) is 0 Å². The summed E-state index contributed by atoms with van der Waals surface area (Å²) in [6.07, 6.45) is 1.85. The molecule has 0 unspecified atom stereocenters. The molecule has 0 spiro atoms. The number of benzene rings is 2. The molecule has 2 heteroatoms. The second-order valence-corrected chi connectivity index (χ2v) is 5.26. The van der Waals surface area contributed by atoms with Crippen molar-refractivity contribution in [2.24, 2.45) is 0 Å². The van der Waals surface area contributed by atoms with Crippen molar-refractivity contribution in [3.05, 3.63) is 71.8 Å². The first-order valence-electron chi connectivity index (χ1n) is 7.25. The maximum Gasteiger partial charge on any atom is 0.255 e. The molecule has 1 N–H and O–H groups in total. The molecule has 0 aliphatic rings. The lowest BCUT2D eigenvalue weighted by Gasteiger charge is -2.15. The Labute approximate surface area is 126 Å². The van der Waals surface area contributed by atoms with Gasteiger partial charge in [0.1, 0.15) is 0 Å². The van der Waals surface area contributed by atoms with Gasteiger partial charge in [-0.15, -0.1) is 0 Å². The van der Waals surface area contributed by atoms with Crippen LogP contribution in [-0.4, -0.2) is 5.91 Å². The third kappa shape index (κ3) is 3.60. The Morgan fingerprint density at radius 1 is 1.00 bits per heavy atom.